The minimum Gasteiger partial charge on any atom is -0.494 e. The van der Waals surface area contributed by atoms with Crippen molar-refractivity contribution < 1.29 is 17.9 Å². The molecule has 0 aliphatic rings. The van der Waals surface area contributed by atoms with Crippen LogP contribution in [0.3, 0.4) is 0 Å². The lowest BCUT2D eigenvalue weighted by Gasteiger charge is -2.08. The maximum Gasteiger partial charge on any atom is 0.200 e. The van der Waals surface area contributed by atoms with Crippen LogP contribution in [-0.4, -0.2) is 13.7 Å². The number of nitrogens with two attached hydrogens (primary N) is 1. The molecular weight excluding hydrogens is 219 g/mol. The first-order valence-electron chi connectivity index (χ1n) is 4.63. The average molecular weight is 231 g/mol. The summed E-state index contributed by atoms with van der Waals surface area (Å²) in [5.74, 6) is -2.29. The van der Waals surface area contributed by atoms with E-state index in [-0.39, 0.29) is 29.9 Å². The maximum absolute atomic E-state index is 13.4. The van der Waals surface area contributed by atoms with E-state index >= 15 is 0 Å². The molecule has 1 rings (SSSR count). The van der Waals surface area contributed by atoms with Crippen LogP contribution in [0.2, 0.25) is 0 Å². The van der Waals surface area contributed by atoms with Crippen LogP contribution in [0.15, 0.2) is 24.0 Å². The van der Waals surface area contributed by atoms with Crippen molar-refractivity contribution >= 4 is 0 Å². The summed E-state index contributed by atoms with van der Waals surface area (Å²) >= 11 is 0. The van der Waals surface area contributed by atoms with Crippen LogP contribution in [0.25, 0.3) is 0 Å². The van der Waals surface area contributed by atoms with Crippen LogP contribution in [0.1, 0.15) is 5.56 Å². The molecule has 0 aliphatic carbocycles. The first kappa shape index (κ1) is 12.6. The third kappa shape index (κ3) is 2.55. The molecule has 0 spiro atoms. The monoisotopic (exact) mass is 231 g/mol. The van der Waals surface area contributed by atoms with E-state index in [2.05, 4.69) is 4.74 Å². The van der Waals surface area contributed by atoms with Gasteiger partial charge in [0.15, 0.2) is 11.6 Å². The Bertz CT molecular complexity index is 404. The van der Waals surface area contributed by atoms with Gasteiger partial charge < -0.3 is 10.5 Å². The molecule has 0 aromatic heterocycles. The Morgan fingerprint density at radius 1 is 1.38 bits per heavy atom. The van der Waals surface area contributed by atoms with Gasteiger partial charge in [-0.15, -0.1) is 0 Å². The first-order chi connectivity index (χ1) is 7.63. The molecule has 2 nitrogen and oxygen atoms in total. The average Bonchev–Trinajstić information content (AvgIpc) is 2.31. The van der Waals surface area contributed by atoms with Crippen molar-refractivity contribution in [1.82, 2.24) is 0 Å². The van der Waals surface area contributed by atoms with E-state index in [4.69, 9.17) is 5.73 Å². The van der Waals surface area contributed by atoms with Gasteiger partial charge in [-0.05, 0) is 17.2 Å². The van der Waals surface area contributed by atoms with E-state index in [1.807, 2.05) is 0 Å². The molecule has 0 bridgehead atoms. The fourth-order valence-corrected chi connectivity index (χ4v) is 1.27. The number of methoxy groups -OCH3 is 1. The Morgan fingerprint density at radius 2 is 2.06 bits per heavy atom. The van der Waals surface area contributed by atoms with Crippen LogP contribution in [-0.2, 0) is 6.42 Å². The van der Waals surface area contributed by atoms with Gasteiger partial charge in [0.2, 0.25) is 5.82 Å². The molecule has 16 heavy (non-hydrogen) atoms. The van der Waals surface area contributed by atoms with E-state index in [0.29, 0.717) is 6.33 Å². The van der Waals surface area contributed by atoms with Crippen molar-refractivity contribution in [2.45, 2.75) is 6.42 Å². The van der Waals surface area contributed by atoms with Gasteiger partial charge >= 0.3 is 0 Å². The zero-order valence-corrected chi connectivity index (χ0v) is 8.77. The molecule has 0 saturated heterocycles. The highest BCUT2D eigenvalue weighted by atomic mass is 19.2. The van der Waals surface area contributed by atoms with Crippen molar-refractivity contribution in [1.29, 1.82) is 0 Å². The van der Waals surface area contributed by atoms with Crippen LogP contribution in [0, 0.1) is 11.6 Å². The van der Waals surface area contributed by atoms with Crippen LogP contribution in [0.4, 0.5) is 13.2 Å². The van der Waals surface area contributed by atoms with Gasteiger partial charge in [0.25, 0.3) is 0 Å². The van der Waals surface area contributed by atoms with E-state index in [1.54, 1.807) is 0 Å². The van der Waals surface area contributed by atoms with E-state index in [1.165, 1.54) is 19.2 Å². The topological polar surface area (TPSA) is 35.2 Å². The predicted molar refractivity (Wildman–Crippen MR) is 54.9 cm³/mol. The quantitative estimate of drug-likeness (QED) is 0.863. The molecule has 1 aromatic rings. The van der Waals surface area contributed by atoms with Gasteiger partial charge in [-0.25, -0.2) is 8.78 Å². The standard InChI is InChI=1S/C11H12F3NO/c1-16-9-3-2-8(10(13)11(9)14)4-7(5-12)6-15/h2-3,5H,4,6,15H2,1H3. The summed E-state index contributed by atoms with van der Waals surface area (Å²) in [6, 6.07) is 2.64. The lowest BCUT2D eigenvalue weighted by molar-refractivity contribution is 0.370. The Balaban J connectivity index is 3.03. The molecular formula is C11H12F3NO. The summed E-state index contributed by atoms with van der Waals surface area (Å²) in [5.41, 5.74) is 5.47. The molecule has 0 amide bonds. The smallest absolute Gasteiger partial charge is 0.200 e. The molecule has 0 atom stereocenters. The molecule has 0 heterocycles. The third-order valence-corrected chi connectivity index (χ3v) is 2.18. The Morgan fingerprint density at radius 3 is 2.56 bits per heavy atom. The highest BCUT2D eigenvalue weighted by Gasteiger charge is 2.14. The fraction of sp³-hybridized carbons (Fsp3) is 0.273. The summed E-state index contributed by atoms with van der Waals surface area (Å²) in [5, 5.41) is 0. The largest absolute Gasteiger partial charge is 0.494 e. The minimum absolute atomic E-state index is 0.0381. The molecule has 0 radical (unpaired) electrons. The zero-order chi connectivity index (χ0) is 12.1. The van der Waals surface area contributed by atoms with E-state index in [0.717, 1.165) is 0 Å². The third-order valence-electron chi connectivity index (χ3n) is 2.18. The lowest BCUT2D eigenvalue weighted by Crippen LogP contribution is -2.07. The summed E-state index contributed by atoms with van der Waals surface area (Å²) < 4.78 is 43.6. The molecule has 1 aromatic carbocycles. The lowest BCUT2D eigenvalue weighted by atomic mass is 10.1. The Hall–Kier alpha value is -1.49. The summed E-state index contributed by atoms with van der Waals surface area (Å²) in [4.78, 5) is 0. The van der Waals surface area contributed by atoms with Gasteiger partial charge in [-0.3, -0.25) is 0 Å². The van der Waals surface area contributed by atoms with Gasteiger partial charge in [0.05, 0.1) is 13.4 Å². The van der Waals surface area contributed by atoms with Crippen molar-refractivity contribution in [2.24, 2.45) is 5.73 Å². The van der Waals surface area contributed by atoms with Crippen molar-refractivity contribution in [3.8, 4) is 5.75 Å². The molecule has 0 fully saturated rings. The number of benzene rings is 1. The molecule has 0 unspecified atom stereocenters. The van der Waals surface area contributed by atoms with Crippen molar-refractivity contribution in [3.63, 3.8) is 0 Å². The Labute approximate surface area is 91.5 Å². The van der Waals surface area contributed by atoms with Crippen molar-refractivity contribution in [3.05, 3.63) is 41.2 Å². The highest BCUT2D eigenvalue weighted by molar-refractivity contribution is 5.33. The second-order valence-electron chi connectivity index (χ2n) is 3.20. The number of hydrogen-bond donors (Lipinski definition) is 1. The van der Waals surface area contributed by atoms with Crippen LogP contribution in [0.5, 0.6) is 5.75 Å². The van der Waals surface area contributed by atoms with E-state index < -0.39 is 11.6 Å². The molecule has 0 aliphatic heterocycles. The Kier molecular flexibility index (Phi) is 4.37. The number of ether oxygens (including phenoxy) is 1. The number of halogens is 3. The summed E-state index contributed by atoms with van der Waals surface area (Å²) in [7, 11) is 1.24. The van der Waals surface area contributed by atoms with Gasteiger partial charge in [-0.1, -0.05) is 6.07 Å². The predicted octanol–water partition coefficient (Wildman–Crippen LogP) is 2.33. The number of rotatable bonds is 4. The molecule has 0 saturated carbocycles. The minimum atomic E-state index is -1.07. The van der Waals surface area contributed by atoms with Crippen LogP contribution >= 0.6 is 0 Å². The summed E-state index contributed by atoms with van der Waals surface area (Å²) in [6.07, 6.45) is 0.251. The molecule has 2 N–H and O–H groups in total. The number of hydrogen-bond acceptors (Lipinski definition) is 2. The SMILES string of the molecule is COc1ccc(CC(=CF)CN)c(F)c1F. The molecule has 88 valence electrons. The van der Waals surface area contributed by atoms with Crippen molar-refractivity contribution in [2.75, 3.05) is 13.7 Å². The zero-order valence-electron chi connectivity index (χ0n) is 8.77. The first-order valence-corrected chi connectivity index (χ1v) is 4.63. The van der Waals surface area contributed by atoms with Gasteiger partial charge in [0, 0.05) is 13.0 Å². The van der Waals surface area contributed by atoms with E-state index in [9.17, 15) is 13.2 Å². The second kappa shape index (κ2) is 5.55. The van der Waals surface area contributed by atoms with Crippen LogP contribution < -0.4 is 10.5 Å². The van der Waals surface area contributed by atoms with Gasteiger partial charge in [-0.2, -0.15) is 4.39 Å². The highest BCUT2D eigenvalue weighted by Crippen LogP contribution is 2.23. The fourth-order valence-electron chi connectivity index (χ4n) is 1.27. The summed E-state index contributed by atoms with van der Waals surface area (Å²) in [6.45, 7) is -0.0381. The second-order valence-corrected chi connectivity index (χ2v) is 3.20. The van der Waals surface area contributed by atoms with Gasteiger partial charge in [0.1, 0.15) is 0 Å². The maximum atomic E-state index is 13.4. The normalized spacial score (nSPS) is 11.7. The molecule has 5 heteroatoms.